The van der Waals surface area contributed by atoms with E-state index in [1.165, 1.54) is 22.4 Å². The average molecular weight is 446 g/mol. The second-order valence-electron chi connectivity index (χ2n) is 9.47. The standard InChI is InChI=1S/C29H39N3O/c1-21(2)25-14-11-15-26(22(3)4)29(25)32(7)20-31(6)28-23(5)12-10-16-27(28)33-19-17-24-13-8-9-18-30-24/h8-16,18,21-22H,17,19-20H2,1-7H3. The Kier molecular flexibility index (Phi) is 8.37. The van der Waals surface area contributed by atoms with E-state index in [1.807, 2.05) is 24.4 Å². The minimum atomic E-state index is 0.468. The molecule has 0 aliphatic carbocycles. The van der Waals surface area contributed by atoms with Gasteiger partial charge in [-0.3, -0.25) is 4.98 Å². The third kappa shape index (κ3) is 6.07. The van der Waals surface area contributed by atoms with E-state index in [0.29, 0.717) is 18.4 Å². The van der Waals surface area contributed by atoms with Crippen molar-refractivity contribution in [1.29, 1.82) is 0 Å². The van der Waals surface area contributed by atoms with Gasteiger partial charge in [0.1, 0.15) is 5.75 Å². The highest BCUT2D eigenvalue weighted by Gasteiger charge is 2.20. The zero-order valence-electron chi connectivity index (χ0n) is 21.3. The molecule has 1 aromatic heterocycles. The zero-order valence-corrected chi connectivity index (χ0v) is 21.3. The molecular weight excluding hydrogens is 406 g/mol. The van der Waals surface area contributed by atoms with Crippen molar-refractivity contribution in [2.24, 2.45) is 0 Å². The molecule has 0 saturated heterocycles. The number of hydrogen-bond acceptors (Lipinski definition) is 4. The largest absolute Gasteiger partial charge is 0.491 e. The number of benzene rings is 2. The van der Waals surface area contributed by atoms with Crippen molar-refractivity contribution >= 4 is 11.4 Å². The molecule has 0 aliphatic rings. The Morgan fingerprint density at radius 2 is 1.42 bits per heavy atom. The summed E-state index contributed by atoms with van der Waals surface area (Å²) in [7, 11) is 4.35. The topological polar surface area (TPSA) is 28.6 Å². The van der Waals surface area contributed by atoms with Crippen molar-refractivity contribution in [3.05, 3.63) is 83.2 Å². The third-order valence-corrected chi connectivity index (χ3v) is 6.07. The summed E-state index contributed by atoms with van der Waals surface area (Å²) in [6, 6.07) is 19.0. The van der Waals surface area contributed by atoms with Crippen molar-refractivity contribution in [1.82, 2.24) is 4.98 Å². The molecule has 0 atom stereocenters. The second-order valence-corrected chi connectivity index (χ2v) is 9.47. The zero-order chi connectivity index (χ0) is 24.0. The first-order chi connectivity index (χ1) is 15.8. The monoisotopic (exact) mass is 445 g/mol. The van der Waals surface area contributed by atoms with Crippen LogP contribution in [0.1, 0.15) is 61.9 Å². The molecule has 176 valence electrons. The van der Waals surface area contributed by atoms with Gasteiger partial charge in [-0.05, 0) is 53.6 Å². The van der Waals surface area contributed by atoms with Crippen molar-refractivity contribution < 1.29 is 4.74 Å². The Morgan fingerprint density at radius 3 is 2.03 bits per heavy atom. The highest BCUT2D eigenvalue weighted by Crippen LogP contribution is 2.36. The first-order valence-electron chi connectivity index (χ1n) is 12.0. The van der Waals surface area contributed by atoms with E-state index in [2.05, 4.69) is 99.9 Å². The van der Waals surface area contributed by atoms with Gasteiger partial charge in [0.15, 0.2) is 0 Å². The lowest BCUT2D eigenvalue weighted by molar-refractivity contribution is 0.321. The Balaban J connectivity index is 1.81. The average Bonchev–Trinajstić information content (AvgIpc) is 2.79. The fourth-order valence-electron chi connectivity index (χ4n) is 4.46. The number of anilines is 2. The lowest BCUT2D eigenvalue weighted by atomic mass is 9.92. The molecule has 33 heavy (non-hydrogen) atoms. The summed E-state index contributed by atoms with van der Waals surface area (Å²) in [4.78, 5) is 9.09. The number of nitrogens with zero attached hydrogens (tertiary/aromatic N) is 3. The molecule has 0 aliphatic heterocycles. The van der Waals surface area contributed by atoms with Gasteiger partial charge in [-0.25, -0.2) is 0 Å². The van der Waals surface area contributed by atoms with Gasteiger partial charge in [-0.1, -0.05) is 64.1 Å². The van der Waals surface area contributed by atoms with Crippen LogP contribution in [0.5, 0.6) is 5.75 Å². The number of hydrogen-bond donors (Lipinski definition) is 0. The van der Waals surface area contributed by atoms with Crippen LogP contribution in [0.4, 0.5) is 11.4 Å². The van der Waals surface area contributed by atoms with E-state index in [9.17, 15) is 0 Å². The Hall–Kier alpha value is -3.01. The molecule has 0 amide bonds. The van der Waals surface area contributed by atoms with Crippen LogP contribution < -0.4 is 14.5 Å². The molecule has 1 heterocycles. The van der Waals surface area contributed by atoms with Gasteiger partial charge in [0, 0.05) is 38.1 Å². The number of aryl methyl sites for hydroxylation is 1. The van der Waals surface area contributed by atoms with Gasteiger partial charge < -0.3 is 14.5 Å². The number of ether oxygens (including phenoxy) is 1. The van der Waals surface area contributed by atoms with Gasteiger partial charge >= 0.3 is 0 Å². The van der Waals surface area contributed by atoms with Crippen molar-refractivity contribution in [2.45, 2.75) is 52.9 Å². The lowest BCUT2D eigenvalue weighted by Crippen LogP contribution is -2.35. The Labute approximate surface area is 200 Å². The summed E-state index contributed by atoms with van der Waals surface area (Å²) < 4.78 is 6.25. The van der Waals surface area contributed by atoms with Gasteiger partial charge in [0.05, 0.1) is 19.0 Å². The fourth-order valence-corrected chi connectivity index (χ4v) is 4.46. The highest BCUT2D eigenvalue weighted by molar-refractivity contribution is 5.66. The summed E-state index contributed by atoms with van der Waals surface area (Å²) in [6.07, 6.45) is 2.62. The molecule has 0 unspecified atom stereocenters. The minimum Gasteiger partial charge on any atom is -0.491 e. The smallest absolute Gasteiger partial charge is 0.142 e. The summed E-state index contributed by atoms with van der Waals surface area (Å²) >= 11 is 0. The molecular formula is C29H39N3O. The molecule has 0 saturated carbocycles. The first kappa shape index (κ1) is 24.6. The van der Waals surface area contributed by atoms with Crippen molar-refractivity contribution in [3.63, 3.8) is 0 Å². The Bertz CT molecular complexity index is 1000. The van der Waals surface area contributed by atoms with Gasteiger partial charge in [-0.15, -0.1) is 0 Å². The van der Waals surface area contributed by atoms with Crippen LogP contribution in [-0.2, 0) is 6.42 Å². The summed E-state index contributed by atoms with van der Waals surface area (Å²) in [5.41, 5.74) is 7.54. The number of rotatable bonds is 10. The number of aromatic nitrogens is 1. The number of pyridine rings is 1. The van der Waals surface area contributed by atoms with Crippen LogP contribution in [0.15, 0.2) is 60.8 Å². The van der Waals surface area contributed by atoms with Crippen LogP contribution in [-0.4, -0.2) is 32.4 Å². The van der Waals surface area contributed by atoms with E-state index in [-0.39, 0.29) is 0 Å². The maximum absolute atomic E-state index is 6.25. The maximum Gasteiger partial charge on any atom is 0.142 e. The quantitative estimate of drug-likeness (QED) is 0.321. The van der Waals surface area contributed by atoms with Crippen LogP contribution in [0, 0.1) is 6.92 Å². The van der Waals surface area contributed by atoms with Gasteiger partial charge in [0.2, 0.25) is 0 Å². The lowest BCUT2D eigenvalue weighted by Gasteiger charge is -2.33. The van der Waals surface area contributed by atoms with E-state index >= 15 is 0 Å². The van der Waals surface area contributed by atoms with Gasteiger partial charge in [-0.2, -0.15) is 0 Å². The summed E-state index contributed by atoms with van der Waals surface area (Å²) in [5.74, 6) is 1.86. The Morgan fingerprint density at radius 1 is 0.788 bits per heavy atom. The van der Waals surface area contributed by atoms with E-state index in [4.69, 9.17) is 4.74 Å². The summed E-state index contributed by atoms with van der Waals surface area (Å²) in [5, 5.41) is 0. The van der Waals surface area contributed by atoms with Gasteiger partial charge in [0.25, 0.3) is 0 Å². The molecule has 2 aromatic carbocycles. The van der Waals surface area contributed by atoms with Crippen LogP contribution >= 0.6 is 0 Å². The predicted molar refractivity (Wildman–Crippen MR) is 141 cm³/mol. The van der Waals surface area contributed by atoms with Crippen LogP contribution in [0.3, 0.4) is 0 Å². The number of para-hydroxylation sites is 2. The van der Waals surface area contributed by atoms with Crippen LogP contribution in [0.2, 0.25) is 0 Å². The highest BCUT2D eigenvalue weighted by atomic mass is 16.5. The molecule has 0 radical (unpaired) electrons. The normalized spacial score (nSPS) is 11.2. The maximum atomic E-state index is 6.25. The predicted octanol–water partition coefficient (Wildman–Crippen LogP) is 6.79. The van der Waals surface area contributed by atoms with E-state index in [0.717, 1.165) is 30.2 Å². The molecule has 3 rings (SSSR count). The third-order valence-electron chi connectivity index (χ3n) is 6.07. The molecule has 4 nitrogen and oxygen atoms in total. The molecule has 0 spiro atoms. The molecule has 0 fully saturated rings. The minimum absolute atomic E-state index is 0.468. The molecule has 3 aromatic rings. The van der Waals surface area contributed by atoms with Crippen LogP contribution in [0.25, 0.3) is 0 Å². The molecule has 0 N–H and O–H groups in total. The first-order valence-corrected chi connectivity index (χ1v) is 12.0. The SMILES string of the molecule is Cc1cccc(OCCc2ccccn2)c1N(C)CN(C)c1c(C(C)C)cccc1C(C)C. The van der Waals surface area contributed by atoms with Crippen molar-refractivity contribution in [2.75, 3.05) is 37.2 Å². The van der Waals surface area contributed by atoms with Crippen molar-refractivity contribution in [3.8, 4) is 5.75 Å². The summed E-state index contributed by atoms with van der Waals surface area (Å²) in [6.45, 7) is 12.6. The van der Waals surface area contributed by atoms with E-state index in [1.54, 1.807) is 0 Å². The molecule has 0 bridgehead atoms. The molecule has 4 heteroatoms. The second kappa shape index (κ2) is 11.2. The van der Waals surface area contributed by atoms with E-state index < -0.39 is 0 Å². The fraction of sp³-hybridized carbons (Fsp3) is 0.414.